The molecule has 1 fully saturated rings. The van der Waals surface area contributed by atoms with Crippen LogP contribution in [0.4, 0.5) is 4.39 Å². The molecule has 3 heteroatoms. The molecule has 2 aromatic carbocycles. The molecule has 0 aromatic heterocycles. The standard InChI is InChI=1S/C17H17FO2/c1-13-11-19-17(20-12-13,14-5-3-2-4-6-14)15-7-9-16(18)10-8-15/h2-10,13H,11-12H2,1H3. The Morgan fingerprint density at radius 3 is 2.05 bits per heavy atom. The van der Waals surface area contributed by atoms with Gasteiger partial charge in [-0.2, -0.15) is 0 Å². The van der Waals surface area contributed by atoms with Gasteiger partial charge in [0.15, 0.2) is 0 Å². The molecule has 0 spiro atoms. The molecule has 1 aliphatic heterocycles. The van der Waals surface area contributed by atoms with Gasteiger partial charge in [0, 0.05) is 17.0 Å². The summed E-state index contributed by atoms with van der Waals surface area (Å²) in [5, 5.41) is 0. The molecule has 2 nitrogen and oxygen atoms in total. The van der Waals surface area contributed by atoms with E-state index in [2.05, 4.69) is 6.92 Å². The number of hydrogen-bond acceptors (Lipinski definition) is 2. The maximum atomic E-state index is 13.2. The summed E-state index contributed by atoms with van der Waals surface area (Å²) < 4.78 is 25.3. The van der Waals surface area contributed by atoms with E-state index in [1.165, 1.54) is 12.1 Å². The first-order valence-corrected chi connectivity index (χ1v) is 6.80. The van der Waals surface area contributed by atoms with E-state index in [0.717, 1.165) is 11.1 Å². The van der Waals surface area contributed by atoms with Crippen LogP contribution in [0.25, 0.3) is 0 Å². The van der Waals surface area contributed by atoms with E-state index in [0.29, 0.717) is 19.1 Å². The van der Waals surface area contributed by atoms with Crippen molar-refractivity contribution in [3.8, 4) is 0 Å². The largest absolute Gasteiger partial charge is 0.342 e. The van der Waals surface area contributed by atoms with Gasteiger partial charge in [-0.1, -0.05) is 49.4 Å². The van der Waals surface area contributed by atoms with Gasteiger partial charge >= 0.3 is 0 Å². The lowest BCUT2D eigenvalue weighted by atomic mass is 9.95. The highest BCUT2D eigenvalue weighted by molar-refractivity contribution is 5.34. The Kier molecular flexibility index (Phi) is 3.55. The van der Waals surface area contributed by atoms with Gasteiger partial charge in [-0.05, 0) is 12.1 Å². The van der Waals surface area contributed by atoms with Crippen LogP contribution in [0.1, 0.15) is 18.1 Å². The minimum Gasteiger partial charge on any atom is -0.342 e. The zero-order valence-electron chi connectivity index (χ0n) is 11.4. The highest BCUT2D eigenvalue weighted by Gasteiger charge is 2.40. The first kappa shape index (κ1) is 13.3. The zero-order valence-corrected chi connectivity index (χ0v) is 11.4. The number of halogens is 1. The van der Waals surface area contributed by atoms with Crippen molar-refractivity contribution in [1.29, 1.82) is 0 Å². The Morgan fingerprint density at radius 1 is 0.900 bits per heavy atom. The minimum absolute atomic E-state index is 0.263. The molecule has 0 saturated carbocycles. The summed E-state index contributed by atoms with van der Waals surface area (Å²) in [4.78, 5) is 0. The van der Waals surface area contributed by atoms with Gasteiger partial charge < -0.3 is 9.47 Å². The van der Waals surface area contributed by atoms with Crippen LogP contribution in [0.3, 0.4) is 0 Å². The van der Waals surface area contributed by atoms with Crippen molar-refractivity contribution in [2.75, 3.05) is 13.2 Å². The highest BCUT2D eigenvalue weighted by atomic mass is 19.1. The van der Waals surface area contributed by atoms with Crippen molar-refractivity contribution in [2.24, 2.45) is 5.92 Å². The van der Waals surface area contributed by atoms with Gasteiger partial charge in [0.2, 0.25) is 5.79 Å². The monoisotopic (exact) mass is 272 g/mol. The normalized spacial score (nSPS) is 26.4. The van der Waals surface area contributed by atoms with Crippen LogP contribution in [0.2, 0.25) is 0 Å². The van der Waals surface area contributed by atoms with E-state index in [1.54, 1.807) is 12.1 Å². The van der Waals surface area contributed by atoms with Crippen molar-refractivity contribution >= 4 is 0 Å². The molecule has 0 N–H and O–H groups in total. The summed E-state index contributed by atoms with van der Waals surface area (Å²) >= 11 is 0. The summed E-state index contributed by atoms with van der Waals surface area (Å²) in [5.41, 5.74) is 1.75. The fourth-order valence-corrected chi connectivity index (χ4v) is 2.44. The van der Waals surface area contributed by atoms with Crippen molar-refractivity contribution < 1.29 is 13.9 Å². The summed E-state index contributed by atoms with van der Waals surface area (Å²) in [7, 11) is 0. The Morgan fingerprint density at radius 2 is 1.45 bits per heavy atom. The van der Waals surface area contributed by atoms with Crippen LogP contribution in [0.5, 0.6) is 0 Å². The van der Waals surface area contributed by atoms with Crippen LogP contribution < -0.4 is 0 Å². The Bertz CT molecular complexity index is 557. The molecule has 0 bridgehead atoms. The van der Waals surface area contributed by atoms with Gasteiger partial charge in [-0.15, -0.1) is 0 Å². The maximum absolute atomic E-state index is 13.2. The van der Waals surface area contributed by atoms with Crippen LogP contribution in [0, 0.1) is 11.7 Å². The van der Waals surface area contributed by atoms with Crippen LogP contribution in [-0.4, -0.2) is 13.2 Å². The Hall–Kier alpha value is -1.71. The Labute approximate surface area is 118 Å². The lowest BCUT2D eigenvalue weighted by Gasteiger charge is -2.40. The van der Waals surface area contributed by atoms with Crippen molar-refractivity contribution in [2.45, 2.75) is 12.7 Å². The third-order valence-electron chi connectivity index (χ3n) is 3.52. The first-order chi connectivity index (χ1) is 9.71. The zero-order chi connectivity index (χ0) is 14.0. The van der Waals surface area contributed by atoms with Crippen molar-refractivity contribution in [1.82, 2.24) is 0 Å². The van der Waals surface area contributed by atoms with Crippen molar-refractivity contribution in [3.63, 3.8) is 0 Å². The number of rotatable bonds is 2. The van der Waals surface area contributed by atoms with Gasteiger partial charge in [0.25, 0.3) is 0 Å². The predicted octanol–water partition coefficient (Wildman–Crippen LogP) is 3.71. The molecule has 1 aliphatic rings. The van der Waals surface area contributed by atoms with E-state index in [9.17, 15) is 4.39 Å². The second-order valence-electron chi connectivity index (χ2n) is 5.22. The molecule has 0 aliphatic carbocycles. The minimum atomic E-state index is -0.929. The fourth-order valence-electron chi connectivity index (χ4n) is 2.44. The number of ether oxygens (including phenoxy) is 2. The molecule has 2 aromatic rings. The number of hydrogen-bond donors (Lipinski definition) is 0. The molecule has 20 heavy (non-hydrogen) atoms. The summed E-state index contributed by atoms with van der Waals surface area (Å²) in [6.45, 7) is 3.32. The molecule has 0 atom stereocenters. The predicted molar refractivity (Wildman–Crippen MR) is 74.7 cm³/mol. The fraction of sp³-hybridized carbons (Fsp3) is 0.294. The molecule has 1 saturated heterocycles. The Balaban J connectivity index is 2.06. The van der Waals surface area contributed by atoms with Crippen LogP contribution in [-0.2, 0) is 15.3 Å². The summed E-state index contributed by atoms with van der Waals surface area (Å²) in [6, 6.07) is 16.1. The molecule has 0 amide bonds. The van der Waals surface area contributed by atoms with Gasteiger partial charge in [-0.25, -0.2) is 4.39 Å². The summed E-state index contributed by atoms with van der Waals surface area (Å²) in [5.74, 6) is -0.838. The lowest BCUT2D eigenvalue weighted by Crippen LogP contribution is -2.42. The second-order valence-corrected chi connectivity index (χ2v) is 5.22. The van der Waals surface area contributed by atoms with E-state index in [-0.39, 0.29) is 5.82 Å². The summed E-state index contributed by atoms with van der Waals surface area (Å²) in [6.07, 6.45) is 0. The second kappa shape index (κ2) is 5.35. The average Bonchev–Trinajstić information content (AvgIpc) is 2.50. The molecule has 0 radical (unpaired) electrons. The van der Waals surface area contributed by atoms with Gasteiger partial charge in [-0.3, -0.25) is 0 Å². The number of benzene rings is 2. The lowest BCUT2D eigenvalue weighted by molar-refractivity contribution is -0.265. The first-order valence-electron chi connectivity index (χ1n) is 6.80. The maximum Gasteiger partial charge on any atom is 0.222 e. The molecule has 0 unspecified atom stereocenters. The van der Waals surface area contributed by atoms with Gasteiger partial charge in [0.1, 0.15) is 5.82 Å². The topological polar surface area (TPSA) is 18.5 Å². The smallest absolute Gasteiger partial charge is 0.222 e. The third kappa shape index (κ3) is 2.35. The molecule has 1 heterocycles. The average molecular weight is 272 g/mol. The highest BCUT2D eigenvalue weighted by Crippen LogP contribution is 2.38. The molecule has 104 valence electrons. The molecule has 3 rings (SSSR count). The van der Waals surface area contributed by atoms with Crippen LogP contribution in [0.15, 0.2) is 54.6 Å². The SMILES string of the molecule is CC1COC(c2ccccc2)(c2ccc(F)cc2)OC1. The third-order valence-corrected chi connectivity index (χ3v) is 3.52. The molecular weight excluding hydrogens is 255 g/mol. The van der Waals surface area contributed by atoms with E-state index in [1.807, 2.05) is 30.3 Å². The quantitative estimate of drug-likeness (QED) is 0.829. The van der Waals surface area contributed by atoms with E-state index in [4.69, 9.17) is 9.47 Å². The van der Waals surface area contributed by atoms with Gasteiger partial charge in [0.05, 0.1) is 13.2 Å². The van der Waals surface area contributed by atoms with E-state index >= 15 is 0 Å². The van der Waals surface area contributed by atoms with Crippen molar-refractivity contribution in [3.05, 3.63) is 71.5 Å². The van der Waals surface area contributed by atoms with E-state index < -0.39 is 5.79 Å². The van der Waals surface area contributed by atoms with Crippen LogP contribution >= 0.6 is 0 Å². The molecular formula is C17H17FO2.